The summed E-state index contributed by atoms with van der Waals surface area (Å²) < 4.78 is 7.24. The molecule has 1 aliphatic rings. The van der Waals surface area contributed by atoms with E-state index in [4.69, 9.17) is 16.1 Å². The van der Waals surface area contributed by atoms with E-state index in [9.17, 15) is 0 Å². The SMILES string of the molecule is Cc1cc(C)n(-c2ccc(Cl)c(-c3nc(C4CNCCN4C)no3)n2)n1.Cl. The van der Waals surface area contributed by atoms with Gasteiger partial charge in [-0.15, -0.1) is 12.4 Å². The molecule has 1 unspecified atom stereocenters. The summed E-state index contributed by atoms with van der Waals surface area (Å²) in [6, 6.07) is 5.65. The van der Waals surface area contributed by atoms with Crippen LogP contribution in [0.25, 0.3) is 17.4 Å². The molecule has 0 aromatic carbocycles. The van der Waals surface area contributed by atoms with Crippen molar-refractivity contribution >= 4 is 24.0 Å². The van der Waals surface area contributed by atoms with Crippen LogP contribution < -0.4 is 5.32 Å². The molecule has 8 nitrogen and oxygen atoms in total. The topological polar surface area (TPSA) is 84.9 Å². The summed E-state index contributed by atoms with van der Waals surface area (Å²) >= 11 is 6.34. The molecular formula is C17H21Cl2N7O. The summed E-state index contributed by atoms with van der Waals surface area (Å²) in [5.74, 6) is 1.60. The smallest absolute Gasteiger partial charge is 0.278 e. The monoisotopic (exact) mass is 409 g/mol. The molecule has 4 rings (SSSR count). The van der Waals surface area contributed by atoms with E-state index < -0.39 is 0 Å². The zero-order valence-electron chi connectivity index (χ0n) is 15.3. The van der Waals surface area contributed by atoms with Crippen LogP contribution in [-0.2, 0) is 0 Å². The van der Waals surface area contributed by atoms with Crippen molar-refractivity contribution in [2.24, 2.45) is 0 Å². The molecule has 0 amide bonds. The van der Waals surface area contributed by atoms with Crippen molar-refractivity contribution in [1.82, 2.24) is 35.1 Å². The summed E-state index contributed by atoms with van der Waals surface area (Å²) in [6.45, 7) is 6.59. The van der Waals surface area contributed by atoms with E-state index in [1.807, 2.05) is 26.0 Å². The summed E-state index contributed by atoms with van der Waals surface area (Å²) in [5.41, 5.74) is 2.37. The zero-order valence-corrected chi connectivity index (χ0v) is 16.9. The van der Waals surface area contributed by atoms with Gasteiger partial charge < -0.3 is 9.84 Å². The van der Waals surface area contributed by atoms with Crippen molar-refractivity contribution in [2.45, 2.75) is 19.9 Å². The summed E-state index contributed by atoms with van der Waals surface area (Å²) in [6.07, 6.45) is 0. The highest BCUT2D eigenvalue weighted by molar-refractivity contribution is 6.32. The Hall–Kier alpha value is -2.00. The quantitative estimate of drug-likeness (QED) is 0.711. The molecule has 0 spiro atoms. The molecular weight excluding hydrogens is 389 g/mol. The van der Waals surface area contributed by atoms with E-state index >= 15 is 0 Å². The Bertz CT molecular complexity index is 939. The highest BCUT2D eigenvalue weighted by Crippen LogP contribution is 2.28. The number of aromatic nitrogens is 5. The van der Waals surface area contributed by atoms with Crippen LogP contribution in [0.15, 0.2) is 22.7 Å². The maximum Gasteiger partial charge on any atom is 0.278 e. The van der Waals surface area contributed by atoms with Crippen molar-refractivity contribution in [1.29, 1.82) is 0 Å². The fourth-order valence-electron chi connectivity index (χ4n) is 3.12. The average Bonchev–Trinajstić information content (AvgIpc) is 3.22. The lowest BCUT2D eigenvalue weighted by Crippen LogP contribution is -2.44. The third-order valence-electron chi connectivity index (χ3n) is 4.51. The van der Waals surface area contributed by atoms with Gasteiger partial charge in [0.05, 0.1) is 16.8 Å². The Morgan fingerprint density at radius 1 is 1.26 bits per heavy atom. The molecule has 0 bridgehead atoms. The largest absolute Gasteiger partial charge is 0.332 e. The van der Waals surface area contributed by atoms with Gasteiger partial charge in [0.2, 0.25) is 0 Å². The molecule has 4 heterocycles. The van der Waals surface area contributed by atoms with Gasteiger partial charge in [-0.1, -0.05) is 16.8 Å². The van der Waals surface area contributed by atoms with Crippen LogP contribution in [0.3, 0.4) is 0 Å². The van der Waals surface area contributed by atoms with Crippen LogP contribution in [-0.4, -0.2) is 56.5 Å². The minimum absolute atomic E-state index is 0. The first-order valence-corrected chi connectivity index (χ1v) is 8.86. The minimum Gasteiger partial charge on any atom is -0.332 e. The van der Waals surface area contributed by atoms with Gasteiger partial charge in [-0.05, 0) is 39.1 Å². The highest BCUT2D eigenvalue weighted by atomic mass is 35.5. The van der Waals surface area contributed by atoms with E-state index in [0.717, 1.165) is 31.0 Å². The molecule has 144 valence electrons. The Labute approximate surface area is 168 Å². The second-order valence-corrected chi connectivity index (χ2v) is 6.90. The number of nitrogens with one attached hydrogen (secondary N) is 1. The Morgan fingerprint density at radius 3 is 2.78 bits per heavy atom. The van der Waals surface area contributed by atoms with E-state index in [1.54, 1.807) is 10.7 Å². The van der Waals surface area contributed by atoms with Gasteiger partial charge in [0.25, 0.3) is 5.89 Å². The molecule has 0 radical (unpaired) electrons. The second kappa shape index (κ2) is 7.93. The molecule has 1 aliphatic heterocycles. The summed E-state index contributed by atoms with van der Waals surface area (Å²) in [7, 11) is 2.05. The van der Waals surface area contributed by atoms with E-state index in [1.165, 1.54) is 0 Å². The van der Waals surface area contributed by atoms with Gasteiger partial charge in [0.1, 0.15) is 5.69 Å². The summed E-state index contributed by atoms with van der Waals surface area (Å²) in [5, 5.41) is 12.4. The van der Waals surface area contributed by atoms with Crippen LogP contribution in [0.1, 0.15) is 23.3 Å². The Morgan fingerprint density at radius 2 is 2.07 bits per heavy atom. The standard InChI is InChI=1S/C17H20ClN7O.ClH/c1-10-8-11(2)25(22-10)14-5-4-12(18)15(20-14)17-21-16(23-26-17)13-9-19-6-7-24(13)3;/h4-5,8,13,19H,6-7,9H2,1-3H3;1H. The maximum absolute atomic E-state index is 6.34. The number of hydrogen-bond acceptors (Lipinski definition) is 7. The minimum atomic E-state index is 0. The van der Waals surface area contributed by atoms with Gasteiger partial charge in [-0.2, -0.15) is 10.1 Å². The lowest BCUT2D eigenvalue weighted by molar-refractivity contribution is 0.190. The lowest BCUT2D eigenvalue weighted by Gasteiger charge is -2.30. The number of aryl methyl sites for hydroxylation is 2. The van der Waals surface area contributed by atoms with E-state index in [-0.39, 0.29) is 18.4 Å². The maximum atomic E-state index is 6.34. The molecule has 0 aliphatic carbocycles. The van der Waals surface area contributed by atoms with Gasteiger partial charge in [0, 0.05) is 25.3 Å². The molecule has 1 saturated heterocycles. The number of piperazine rings is 1. The van der Waals surface area contributed by atoms with Crippen LogP contribution in [0.2, 0.25) is 5.02 Å². The Balaban J connectivity index is 0.00000210. The number of hydrogen-bond donors (Lipinski definition) is 1. The molecule has 3 aromatic heterocycles. The van der Waals surface area contributed by atoms with Crippen molar-refractivity contribution in [2.75, 3.05) is 26.7 Å². The number of likely N-dealkylation sites (N-methyl/N-ethyl adjacent to an activating group) is 1. The number of rotatable bonds is 3. The van der Waals surface area contributed by atoms with Crippen molar-refractivity contribution in [3.8, 4) is 17.4 Å². The van der Waals surface area contributed by atoms with Gasteiger partial charge in [-0.25, -0.2) is 9.67 Å². The first-order valence-electron chi connectivity index (χ1n) is 8.48. The third-order valence-corrected chi connectivity index (χ3v) is 4.82. The van der Waals surface area contributed by atoms with Crippen LogP contribution in [0, 0.1) is 13.8 Å². The molecule has 1 N–H and O–H groups in total. The fraction of sp³-hybridized carbons (Fsp3) is 0.412. The second-order valence-electron chi connectivity index (χ2n) is 6.50. The van der Waals surface area contributed by atoms with Gasteiger partial charge >= 0.3 is 0 Å². The Kier molecular flexibility index (Phi) is 5.81. The molecule has 3 aromatic rings. The predicted octanol–water partition coefficient (Wildman–Crippen LogP) is 2.59. The lowest BCUT2D eigenvalue weighted by atomic mass is 10.2. The van der Waals surface area contributed by atoms with Crippen LogP contribution in [0.5, 0.6) is 0 Å². The first-order chi connectivity index (χ1) is 12.5. The average molecular weight is 410 g/mol. The number of pyridine rings is 1. The zero-order chi connectivity index (χ0) is 18.3. The summed E-state index contributed by atoms with van der Waals surface area (Å²) in [4.78, 5) is 11.4. The van der Waals surface area contributed by atoms with E-state index in [0.29, 0.717) is 28.2 Å². The predicted molar refractivity (Wildman–Crippen MR) is 105 cm³/mol. The molecule has 10 heteroatoms. The number of nitrogens with zero attached hydrogens (tertiary/aromatic N) is 6. The highest BCUT2D eigenvalue weighted by Gasteiger charge is 2.26. The van der Waals surface area contributed by atoms with E-state index in [2.05, 4.69) is 37.5 Å². The normalized spacial score (nSPS) is 17.7. The number of halogens is 2. The third kappa shape index (κ3) is 3.84. The van der Waals surface area contributed by atoms with Gasteiger partial charge in [-0.3, -0.25) is 4.90 Å². The van der Waals surface area contributed by atoms with Crippen LogP contribution >= 0.6 is 24.0 Å². The fourth-order valence-corrected chi connectivity index (χ4v) is 3.31. The molecule has 1 atom stereocenters. The van der Waals surface area contributed by atoms with Gasteiger partial charge in [0.15, 0.2) is 11.6 Å². The van der Waals surface area contributed by atoms with Crippen molar-refractivity contribution < 1.29 is 4.52 Å². The van der Waals surface area contributed by atoms with Crippen LogP contribution in [0.4, 0.5) is 0 Å². The van der Waals surface area contributed by atoms with Crippen molar-refractivity contribution in [3.63, 3.8) is 0 Å². The molecule has 1 fully saturated rings. The first kappa shape index (κ1) is 19.8. The molecule has 0 saturated carbocycles. The molecule has 27 heavy (non-hydrogen) atoms. The van der Waals surface area contributed by atoms with Crippen molar-refractivity contribution in [3.05, 3.63) is 40.4 Å².